The van der Waals surface area contributed by atoms with Crippen molar-refractivity contribution in [1.82, 2.24) is 10.6 Å². The highest BCUT2D eigenvalue weighted by molar-refractivity contribution is 5.96. The summed E-state index contributed by atoms with van der Waals surface area (Å²) in [6.07, 6.45) is 2.30. The number of hydrogen-bond donors (Lipinski definition) is 8. The van der Waals surface area contributed by atoms with Crippen LogP contribution in [0.25, 0.3) is 0 Å². The number of aliphatic hydroxyl groups is 2. The number of aliphatic hydroxyl groups excluding tert-OH is 2. The number of nitrogens with one attached hydrogen (secondary N) is 2. The van der Waals surface area contributed by atoms with Crippen LogP contribution in [0, 0.1) is 0 Å². The van der Waals surface area contributed by atoms with E-state index in [1.807, 2.05) is 36.4 Å². The summed E-state index contributed by atoms with van der Waals surface area (Å²) in [4.78, 5) is 22.5. The van der Waals surface area contributed by atoms with Gasteiger partial charge in [-0.3, -0.25) is 9.59 Å². The number of rotatable bonds is 16. The maximum atomic E-state index is 11.2. The second-order valence-corrected chi connectivity index (χ2v) is 12.0. The monoisotopic (exact) mass is 728 g/mol. The molecule has 4 unspecified atom stereocenters. The molecule has 4 rings (SSSR count). The van der Waals surface area contributed by atoms with Crippen molar-refractivity contribution < 1.29 is 30.0 Å². The summed E-state index contributed by atoms with van der Waals surface area (Å²) in [6, 6.07) is 29.8. The van der Waals surface area contributed by atoms with Crippen LogP contribution in [0.2, 0.25) is 0 Å². The number of hydrogen-bond acceptors (Lipinski definition) is 8. The Morgan fingerprint density at radius 1 is 0.600 bits per heavy atom. The smallest absolute Gasteiger partial charge is 0.252 e. The fraction of sp³-hybridized carbons (Fsp3) is 0.316. The fourth-order valence-electron chi connectivity index (χ4n) is 5.04. The molecule has 0 saturated heterocycles. The number of aryl methyl sites for hydroxylation is 2. The first-order valence-corrected chi connectivity index (χ1v) is 16.1. The Balaban J connectivity index is 0.000000481. The van der Waals surface area contributed by atoms with Crippen molar-refractivity contribution in [2.45, 2.75) is 63.8 Å². The van der Waals surface area contributed by atoms with E-state index in [-0.39, 0.29) is 59.5 Å². The molecule has 10 N–H and O–H groups in total. The molecule has 12 heteroatoms. The average Bonchev–Trinajstić information content (AvgIpc) is 3.09. The quantitative estimate of drug-likeness (QED) is 0.0780. The zero-order valence-corrected chi connectivity index (χ0v) is 30.0. The molecule has 0 heterocycles. The Hall–Kier alpha value is -4.16. The summed E-state index contributed by atoms with van der Waals surface area (Å²) in [7, 11) is 0. The van der Waals surface area contributed by atoms with Crippen LogP contribution in [-0.2, 0) is 12.8 Å². The SMILES string of the molecule is CC(CCc1ccccc1)NCC(O)c1ccc(O)c(C(N)=O)c1.CC(CCc1ccccc1)NCC(O)c1ccc(O)c(C(N)=O)c1.Cl.Cl. The van der Waals surface area contributed by atoms with Gasteiger partial charge in [-0.05, 0) is 86.1 Å². The van der Waals surface area contributed by atoms with E-state index in [4.69, 9.17) is 11.5 Å². The number of halogens is 2. The molecular formula is C38H50Cl2N4O6. The lowest BCUT2D eigenvalue weighted by atomic mass is 10.0. The number of carbonyl (C=O) groups is 2. The highest BCUT2D eigenvalue weighted by Gasteiger charge is 2.16. The lowest BCUT2D eigenvalue weighted by Gasteiger charge is -2.18. The molecule has 10 nitrogen and oxygen atoms in total. The largest absolute Gasteiger partial charge is 0.507 e. The van der Waals surface area contributed by atoms with E-state index in [1.54, 1.807) is 12.1 Å². The maximum Gasteiger partial charge on any atom is 0.252 e. The third-order valence-corrected chi connectivity index (χ3v) is 8.08. The van der Waals surface area contributed by atoms with Crippen LogP contribution in [0.4, 0.5) is 0 Å². The zero-order valence-electron chi connectivity index (χ0n) is 28.4. The topological polar surface area (TPSA) is 191 Å². The van der Waals surface area contributed by atoms with E-state index in [9.17, 15) is 30.0 Å². The second kappa shape index (κ2) is 22.5. The van der Waals surface area contributed by atoms with Gasteiger partial charge < -0.3 is 42.5 Å². The molecule has 272 valence electrons. The number of primary amides is 2. The van der Waals surface area contributed by atoms with E-state index >= 15 is 0 Å². The van der Waals surface area contributed by atoms with Crippen molar-refractivity contribution in [3.05, 3.63) is 130 Å². The van der Waals surface area contributed by atoms with Gasteiger partial charge in [0, 0.05) is 25.2 Å². The molecule has 0 spiro atoms. The third kappa shape index (κ3) is 14.8. The van der Waals surface area contributed by atoms with Gasteiger partial charge in [0.1, 0.15) is 11.5 Å². The Bertz CT molecular complexity index is 1480. The van der Waals surface area contributed by atoms with Gasteiger partial charge in [-0.1, -0.05) is 72.8 Å². The third-order valence-electron chi connectivity index (χ3n) is 8.08. The summed E-state index contributed by atoms with van der Waals surface area (Å²) >= 11 is 0. The van der Waals surface area contributed by atoms with Gasteiger partial charge in [-0.2, -0.15) is 0 Å². The van der Waals surface area contributed by atoms with Crippen molar-refractivity contribution in [3.63, 3.8) is 0 Å². The Kier molecular flexibility index (Phi) is 19.8. The molecule has 4 atom stereocenters. The van der Waals surface area contributed by atoms with Crippen molar-refractivity contribution >= 4 is 36.6 Å². The first-order chi connectivity index (χ1) is 22.9. The number of amides is 2. The number of nitrogens with two attached hydrogens (primary N) is 2. The maximum absolute atomic E-state index is 11.2. The number of carbonyl (C=O) groups excluding carboxylic acids is 2. The minimum atomic E-state index is -0.775. The predicted octanol–water partition coefficient (Wildman–Crippen LogP) is 5.11. The van der Waals surface area contributed by atoms with Crippen LogP contribution < -0.4 is 22.1 Å². The van der Waals surface area contributed by atoms with Gasteiger partial charge in [-0.25, -0.2) is 0 Å². The van der Waals surface area contributed by atoms with E-state index in [2.05, 4.69) is 48.7 Å². The van der Waals surface area contributed by atoms with Crippen LogP contribution in [0.15, 0.2) is 97.1 Å². The fourth-order valence-corrected chi connectivity index (χ4v) is 5.04. The molecule has 4 aromatic carbocycles. The average molecular weight is 730 g/mol. The zero-order chi connectivity index (χ0) is 35.1. The molecule has 0 aliphatic heterocycles. The standard InChI is InChI=1S/2C19H24N2O3.2ClH/c2*1-13(7-8-14-5-3-2-4-6-14)21-12-18(23)15-9-10-17(22)16(11-15)19(20)24;;/h2*2-6,9-11,13,18,21-23H,7-8,12H2,1H3,(H2,20,24);2*1H. The van der Waals surface area contributed by atoms with E-state index < -0.39 is 24.0 Å². The molecule has 2 amide bonds. The molecule has 0 aromatic heterocycles. The molecule has 50 heavy (non-hydrogen) atoms. The van der Waals surface area contributed by atoms with Gasteiger partial charge in [0.2, 0.25) is 0 Å². The molecular weight excluding hydrogens is 679 g/mol. The van der Waals surface area contributed by atoms with Crippen molar-refractivity contribution in [2.75, 3.05) is 13.1 Å². The first kappa shape index (κ1) is 43.9. The number of benzene rings is 4. The Morgan fingerprint density at radius 3 is 1.26 bits per heavy atom. The van der Waals surface area contributed by atoms with Gasteiger partial charge in [0.05, 0.1) is 23.3 Å². The molecule has 0 radical (unpaired) electrons. The van der Waals surface area contributed by atoms with Gasteiger partial charge in [0.15, 0.2) is 0 Å². The lowest BCUT2D eigenvalue weighted by molar-refractivity contribution is 0.0988. The number of phenols is 2. The minimum absolute atomic E-state index is 0. The second-order valence-electron chi connectivity index (χ2n) is 12.0. The van der Waals surface area contributed by atoms with Crippen LogP contribution >= 0.6 is 24.8 Å². The Morgan fingerprint density at radius 2 is 0.940 bits per heavy atom. The van der Waals surface area contributed by atoms with E-state index in [0.717, 1.165) is 25.7 Å². The van der Waals surface area contributed by atoms with Crippen molar-refractivity contribution in [3.8, 4) is 11.5 Å². The first-order valence-electron chi connectivity index (χ1n) is 16.1. The summed E-state index contributed by atoms with van der Waals surface area (Å²) in [5.74, 6) is -1.79. The molecule has 0 saturated carbocycles. The van der Waals surface area contributed by atoms with Crippen molar-refractivity contribution in [1.29, 1.82) is 0 Å². The van der Waals surface area contributed by atoms with E-state index in [0.29, 0.717) is 24.2 Å². The normalized spacial score (nSPS) is 12.9. The van der Waals surface area contributed by atoms with Gasteiger partial charge >= 0.3 is 0 Å². The highest BCUT2D eigenvalue weighted by Crippen LogP contribution is 2.23. The summed E-state index contributed by atoms with van der Waals surface area (Å²) in [6.45, 7) is 4.86. The summed E-state index contributed by atoms with van der Waals surface area (Å²) in [5, 5.41) is 46.3. The summed E-state index contributed by atoms with van der Waals surface area (Å²) < 4.78 is 0. The molecule has 0 aliphatic carbocycles. The van der Waals surface area contributed by atoms with Gasteiger partial charge in [-0.15, -0.1) is 24.8 Å². The molecule has 4 aromatic rings. The predicted molar refractivity (Wildman–Crippen MR) is 202 cm³/mol. The highest BCUT2D eigenvalue weighted by atomic mass is 35.5. The molecule has 0 bridgehead atoms. The van der Waals surface area contributed by atoms with Crippen LogP contribution in [0.3, 0.4) is 0 Å². The number of aromatic hydroxyl groups is 2. The van der Waals surface area contributed by atoms with Gasteiger partial charge in [0.25, 0.3) is 11.8 Å². The lowest BCUT2D eigenvalue weighted by Crippen LogP contribution is -2.31. The van der Waals surface area contributed by atoms with Crippen LogP contribution in [0.1, 0.15) is 81.9 Å². The van der Waals surface area contributed by atoms with Crippen molar-refractivity contribution in [2.24, 2.45) is 11.5 Å². The molecule has 0 fully saturated rings. The van der Waals surface area contributed by atoms with Crippen LogP contribution in [-0.4, -0.2) is 57.4 Å². The Labute approximate surface area is 306 Å². The minimum Gasteiger partial charge on any atom is -0.507 e. The summed E-state index contributed by atoms with van der Waals surface area (Å²) in [5.41, 5.74) is 14.1. The van der Waals surface area contributed by atoms with E-state index in [1.165, 1.54) is 35.4 Å². The van der Waals surface area contributed by atoms with Crippen LogP contribution in [0.5, 0.6) is 11.5 Å². The molecule has 0 aliphatic rings.